The SMILES string of the molecule is CC(C(=O)Nc1n[nH]c2ccccc12)c1cccc(-c2ccc(NC(=O)/C=C/CN(C)C)cc2)c1. The number of hydrogen-bond donors (Lipinski definition) is 3. The smallest absolute Gasteiger partial charge is 0.248 e. The minimum Gasteiger partial charge on any atom is -0.323 e. The minimum atomic E-state index is -0.363. The van der Waals surface area contributed by atoms with Gasteiger partial charge in [-0.3, -0.25) is 14.7 Å². The van der Waals surface area contributed by atoms with E-state index in [9.17, 15) is 9.59 Å². The normalized spacial score (nSPS) is 12.2. The summed E-state index contributed by atoms with van der Waals surface area (Å²) in [7, 11) is 3.90. The fourth-order valence-electron chi connectivity index (χ4n) is 3.72. The zero-order valence-electron chi connectivity index (χ0n) is 20.1. The largest absolute Gasteiger partial charge is 0.323 e. The number of rotatable bonds is 8. The Labute approximate surface area is 204 Å². The van der Waals surface area contributed by atoms with Gasteiger partial charge in [0.25, 0.3) is 0 Å². The number of para-hydroxylation sites is 1. The molecule has 4 aromatic rings. The lowest BCUT2D eigenvalue weighted by atomic mass is 9.95. The van der Waals surface area contributed by atoms with E-state index in [0.717, 1.165) is 33.3 Å². The number of fused-ring (bicyclic) bond motifs is 1. The van der Waals surface area contributed by atoms with Crippen molar-refractivity contribution in [1.29, 1.82) is 0 Å². The van der Waals surface area contributed by atoms with Crippen LogP contribution in [0.25, 0.3) is 22.0 Å². The van der Waals surface area contributed by atoms with Gasteiger partial charge in [0.05, 0.1) is 11.4 Å². The number of carbonyl (C=O) groups excluding carboxylic acids is 2. The van der Waals surface area contributed by atoms with E-state index >= 15 is 0 Å². The maximum atomic E-state index is 12.9. The highest BCUT2D eigenvalue weighted by molar-refractivity contribution is 6.02. The van der Waals surface area contributed by atoms with Crippen molar-refractivity contribution >= 4 is 34.2 Å². The highest BCUT2D eigenvalue weighted by Gasteiger charge is 2.18. The third-order valence-electron chi connectivity index (χ3n) is 5.72. The first kappa shape index (κ1) is 23.9. The molecule has 0 bridgehead atoms. The molecular formula is C28H29N5O2. The van der Waals surface area contributed by atoms with Gasteiger partial charge in [0, 0.05) is 23.7 Å². The molecule has 0 spiro atoms. The van der Waals surface area contributed by atoms with Gasteiger partial charge in [-0.25, -0.2) is 0 Å². The first-order valence-electron chi connectivity index (χ1n) is 11.5. The van der Waals surface area contributed by atoms with Gasteiger partial charge in [-0.15, -0.1) is 0 Å². The van der Waals surface area contributed by atoms with Gasteiger partial charge >= 0.3 is 0 Å². The summed E-state index contributed by atoms with van der Waals surface area (Å²) in [6.45, 7) is 2.59. The quantitative estimate of drug-likeness (QED) is 0.317. The Morgan fingerprint density at radius 2 is 1.74 bits per heavy atom. The Balaban J connectivity index is 1.43. The first-order chi connectivity index (χ1) is 16.9. The molecule has 4 rings (SSSR count). The van der Waals surface area contributed by atoms with Crippen LogP contribution >= 0.6 is 0 Å². The summed E-state index contributed by atoms with van der Waals surface area (Å²) in [6.07, 6.45) is 3.36. The number of benzene rings is 3. The van der Waals surface area contributed by atoms with Crippen molar-refractivity contribution in [2.24, 2.45) is 0 Å². The summed E-state index contributed by atoms with van der Waals surface area (Å²) in [5, 5.41) is 13.9. The lowest BCUT2D eigenvalue weighted by Gasteiger charge is -2.13. The molecule has 3 aromatic carbocycles. The Hall–Kier alpha value is -4.23. The number of anilines is 2. The number of likely N-dealkylation sites (N-methyl/N-ethyl adjacent to an activating group) is 1. The monoisotopic (exact) mass is 467 g/mol. The zero-order valence-corrected chi connectivity index (χ0v) is 20.1. The second kappa shape index (κ2) is 10.8. The van der Waals surface area contributed by atoms with Crippen molar-refractivity contribution in [2.75, 3.05) is 31.3 Å². The molecule has 0 radical (unpaired) electrons. The molecule has 1 heterocycles. The molecule has 0 aliphatic rings. The number of aromatic amines is 1. The van der Waals surface area contributed by atoms with Crippen LogP contribution in [0, 0.1) is 0 Å². The number of aromatic nitrogens is 2. The molecule has 0 aliphatic heterocycles. The molecule has 2 amide bonds. The lowest BCUT2D eigenvalue weighted by Crippen LogP contribution is -2.19. The summed E-state index contributed by atoms with van der Waals surface area (Å²) in [5.41, 5.74) is 4.50. The second-order valence-electron chi connectivity index (χ2n) is 8.69. The minimum absolute atomic E-state index is 0.125. The van der Waals surface area contributed by atoms with Crippen LogP contribution in [0.1, 0.15) is 18.4 Å². The van der Waals surface area contributed by atoms with E-state index in [2.05, 4.69) is 20.8 Å². The van der Waals surface area contributed by atoms with Crippen molar-refractivity contribution in [1.82, 2.24) is 15.1 Å². The molecule has 0 saturated heterocycles. The fourth-order valence-corrected chi connectivity index (χ4v) is 3.72. The molecule has 0 saturated carbocycles. The third-order valence-corrected chi connectivity index (χ3v) is 5.72. The summed E-state index contributed by atoms with van der Waals surface area (Å²) in [4.78, 5) is 27.0. The van der Waals surface area contributed by atoms with E-state index in [1.165, 1.54) is 6.08 Å². The van der Waals surface area contributed by atoms with E-state index in [4.69, 9.17) is 0 Å². The van der Waals surface area contributed by atoms with Crippen LogP contribution in [-0.4, -0.2) is 47.6 Å². The van der Waals surface area contributed by atoms with Crippen LogP contribution in [0.3, 0.4) is 0 Å². The van der Waals surface area contributed by atoms with Crippen LogP contribution in [-0.2, 0) is 9.59 Å². The Bertz CT molecular complexity index is 1360. The molecule has 0 fully saturated rings. The number of hydrogen-bond acceptors (Lipinski definition) is 4. The lowest BCUT2D eigenvalue weighted by molar-refractivity contribution is -0.117. The van der Waals surface area contributed by atoms with Crippen molar-refractivity contribution in [3.63, 3.8) is 0 Å². The highest BCUT2D eigenvalue weighted by atomic mass is 16.2. The van der Waals surface area contributed by atoms with E-state index < -0.39 is 0 Å². The average molecular weight is 468 g/mol. The summed E-state index contributed by atoms with van der Waals surface area (Å²) >= 11 is 0. The van der Waals surface area contributed by atoms with Crippen LogP contribution in [0.15, 0.2) is 84.9 Å². The maximum absolute atomic E-state index is 12.9. The van der Waals surface area contributed by atoms with Gasteiger partial charge in [-0.05, 0) is 62.0 Å². The number of nitrogens with one attached hydrogen (secondary N) is 3. The molecule has 1 atom stereocenters. The van der Waals surface area contributed by atoms with Crippen LogP contribution < -0.4 is 10.6 Å². The van der Waals surface area contributed by atoms with Crippen molar-refractivity contribution in [3.05, 3.63) is 90.5 Å². The van der Waals surface area contributed by atoms with Gasteiger partial charge in [0.2, 0.25) is 11.8 Å². The van der Waals surface area contributed by atoms with Gasteiger partial charge in [-0.2, -0.15) is 5.10 Å². The molecule has 0 aliphatic carbocycles. The maximum Gasteiger partial charge on any atom is 0.248 e. The summed E-state index contributed by atoms with van der Waals surface area (Å²) in [5.74, 6) is -0.119. The van der Waals surface area contributed by atoms with Gasteiger partial charge in [0.1, 0.15) is 0 Å². The summed E-state index contributed by atoms with van der Waals surface area (Å²) in [6, 6.07) is 23.3. The Morgan fingerprint density at radius 1 is 0.971 bits per heavy atom. The van der Waals surface area contributed by atoms with Gasteiger partial charge in [0.15, 0.2) is 5.82 Å². The molecule has 1 unspecified atom stereocenters. The zero-order chi connectivity index (χ0) is 24.8. The van der Waals surface area contributed by atoms with Crippen molar-refractivity contribution < 1.29 is 9.59 Å². The van der Waals surface area contributed by atoms with E-state index in [1.54, 1.807) is 0 Å². The summed E-state index contributed by atoms with van der Waals surface area (Å²) < 4.78 is 0. The van der Waals surface area contributed by atoms with E-state index in [0.29, 0.717) is 12.4 Å². The van der Waals surface area contributed by atoms with E-state index in [-0.39, 0.29) is 17.7 Å². The van der Waals surface area contributed by atoms with Crippen molar-refractivity contribution in [2.45, 2.75) is 12.8 Å². The highest BCUT2D eigenvalue weighted by Crippen LogP contribution is 2.27. The Kier molecular flexibility index (Phi) is 7.38. The fraction of sp³-hybridized carbons (Fsp3) is 0.179. The number of H-pyrrole nitrogens is 1. The molecule has 7 nitrogen and oxygen atoms in total. The first-order valence-corrected chi connectivity index (χ1v) is 11.5. The number of amides is 2. The predicted molar refractivity (Wildman–Crippen MR) is 141 cm³/mol. The average Bonchev–Trinajstić information content (AvgIpc) is 3.26. The Morgan fingerprint density at radius 3 is 2.51 bits per heavy atom. The van der Waals surface area contributed by atoms with Crippen molar-refractivity contribution in [3.8, 4) is 11.1 Å². The topological polar surface area (TPSA) is 90.1 Å². The van der Waals surface area contributed by atoms with Gasteiger partial charge in [-0.1, -0.05) is 54.6 Å². The third kappa shape index (κ3) is 6.02. The van der Waals surface area contributed by atoms with Crippen LogP contribution in [0.4, 0.5) is 11.5 Å². The molecule has 1 aromatic heterocycles. The molecular weight excluding hydrogens is 438 g/mol. The second-order valence-corrected chi connectivity index (χ2v) is 8.69. The standard InChI is InChI=1S/C28H29N5O2/c1-19(28(35)30-27-24-10-4-5-11-25(24)31-32-27)21-8-6-9-22(18-21)20-13-15-23(16-14-20)29-26(34)12-7-17-33(2)3/h4-16,18-19H,17H2,1-3H3,(H,29,34)(H2,30,31,32,35)/b12-7+. The molecule has 35 heavy (non-hydrogen) atoms. The van der Waals surface area contributed by atoms with Gasteiger partial charge < -0.3 is 15.5 Å². The van der Waals surface area contributed by atoms with Crippen LogP contribution in [0.5, 0.6) is 0 Å². The number of carbonyl (C=O) groups is 2. The number of nitrogens with zero attached hydrogens (tertiary/aromatic N) is 2. The van der Waals surface area contributed by atoms with E-state index in [1.807, 2.05) is 105 Å². The molecule has 3 N–H and O–H groups in total. The molecule has 178 valence electrons. The predicted octanol–water partition coefficient (Wildman–Crippen LogP) is 5.03. The molecule has 7 heteroatoms. The van der Waals surface area contributed by atoms with Crippen LogP contribution in [0.2, 0.25) is 0 Å².